The highest BCUT2D eigenvalue weighted by molar-refractivity contribution is 5.72. The molecular formula is C17H12F6O. The lowest BCUT2D eigenvalue weighted by Gasteiger charge is -2.11. The lowest BCUT2D eigenvalue weighted by molar-refractivity contribution is -0.138. The van der Waals surface area contributed by atoms with Crippen molar-refractivity contribution in [2.45, 2.75) is 19.0 Å². The van der Waals surface area contributed by atoms with Gasteiger partial charge in [0.2, 0.25) is 0 Å². The van der Waals surface area contributed by atoms with Gasteiger partial charge in [0.1, 0.15) is 0 Å². The Hall–Kier alpha value is -2.28. The van der Waals surface area contributed by atoms with Crippen molar-refractivity contribution in [3.63, 3.8) is 0 Å². The first-order chi connectivity index (χ1) is 11.1. The molecule has 128 valence electrons. The molecular weight excluding hydrogens is 334 g/mol. The van der Waals surface area contributed by atoms with Gasteiger partial charge in [0.05, 0.1) is 17.7 Å². The fraction of sp³-hybridized carbons (Fsp3) is 0.176. The van der Waals surface area contributed by atoms with Crippen molar-refractivity contribution >= 4 is 12.2 Å². The highest BCUT2D eigenvalue weighted by Gasteiger charge is 2.33. The van der Waals surface area contributed by atoms with Gasteiger partial charge in [-0.05, 0) is 41.0 Å². The molecule has 0 unspecified atom stereocenters. The van der Waals surface area contributed by atoms with Crippen LogP contribution in [0.4, 0.5) is 26.3 Å². The van der Waals surface area contributed by atoms with Crippen molar-refractivity contribution in [3.8, 4) is 0 Å². The van der Waals surface area contributed by atoms with Crippen molar-refractivity contribution < 1.29 is 31.4 Å². The van der Waals surface area contributed by atoms with E-state index in [1.54, 1.807) is 0 Å². The third kappa shape index (κ3) is 4.38. The lowest BCUT2D eigenvalue weighted by Crippen LogP contribution is -2.07. The van der Waals surface area contributed by atoms with Gasteiger partial charge in [0.25, 0.3) is 0 Å². The summed E-state index contributed by atoms with van der Waals surface area (Å²) >= 11 is 0. The maximum atomic E-state index is 13.0. The van der Waals surface area contributed by atoms with Crippen LogP contribution in [0.1, 0.15) is 27.8 Å². The number of aliphatic hydroxyl groups excluding tert-OH is 1. The average molecular weight is 346 g/mol. The molecule has 1 nitrogen and oxygen atoms in total. The standard InChI is InChI=1S/C17H12F6O/c18-16(19,20)14-3-1-2-11(9-14)4-6-13-8-12(10-24)5-7-15(13)17(21,22)23/h1-9,24H,10H2/b6-4+. The molecule has 0 aliphatic carbocycles. The number of hydrogen-bond donors (Lipinski definition) is 1. The van der Waals surface area contributed by atoms with Crippen LogP contribution in [0.3, 0.4) is 0 Å². The van der Waals surface area contributed by atoms with Gasteiger partial charge < -0.3 is 5.11 Å². The Bertz CT molecular complexity index is 743. The van der Waals surface area contributed by atoms with Gasteiger partial charge in [-0.3, -0.25) is 0 Å². The van der Waals surface area contributed by atoms with E-state index in [1.807, 2.05) is 0 Å². The van der Waals surface area contributed by atoms with Crippen molar-refractivity contribution in [1.82, 2.24) is 0 Å². The van der Waals surface area contributed by atoms with Gasteiger partial charge >= 0.3 is 12.4 Å². The zero-order valence-electron chi connectivity index (χ0n) is 12.1. The quantitative estimate of drug-likeness (QED) is 0.584. The predicted octanol–water partition coefficient (Wildman–Crippen LogP) is 5.39. The summed E-state index contributed by atoms with van der Waals surface area (Å²) in [7, 11) is 0. The molecule has 24 heavy (non-hydrogen) atoms. The highest BCUT2D eigenvalue weighted by Crippen LogP contribution is 2.34. The van der Waals surface area contributed by atoms with E-state index in [2.05, 4.69) is 0 Å². The van der Waals surface area contributed by atoms with Gasteiger partial charge in [-0.2, -0.15) is 26.3 Å². The normalized spacial score (nSPS) is 12.8. The molecule has 0 aliphatic heterocycles. The van der Waals surface area contributed by atoms with Crippen molar-refractivity contribution in [2.24, 2.45) is 0 Å². The summed E-state index contributed by atoms with van der Waals surface area (Å²) in [6.07, 6.45) is -6.89. The largest absolute Gasteiger partial charge is 0.416 e. The summed E-state index contributed by atoms with van der Waals surface area (Å²) in [5.74, 6) is 0. The van der Waals surface area contributed by atoms with Gasteiger partial charge in [0, 0.05) is 0 Å². The maximum Gasteiger partial charge on any atom is 0.416 e. The van der Waals surface area contributed by atoms with Gasteiger partial charge in [-0.15, -0.1) is 0 Å². The van der Waals surface area contributed by atoms with Gasteiger partial charge in [0.15, 0.2) is 0 Å². The van der Waals surface area contributed by atoms with Crippen LogP contribution < -0.4 is 0 Å². The first kappa shape index (κ1) is 18.1. The fourth-order valence-corrected chi connectivity index (χ4v) is 2.11. The zero-order chi connectivity index (χ0) is 18.0. The molecule has 0 radical (unpaired) electrons. The second-order valence-electron chi connectivity index (χ2n) is 5.03. The summed E-state index contributed by atoms with van der Waals surface area (Å²) in [5, 5.41) is 9.04. The Morgan fingerprint density at radius 3 is 2.12 bits per heavy atom. The fourth-order valence-electron chi connectivity index (χ4n) is 2.11. The molecule has 0 amide bonds. The van der Waals surface area contributed by atoms with E-state index < -0.39 is 30.1 Å². The molecule has 2 aromatic rings. The number of benzene rings is 2. The molecule has 0 heterocycles. The van der Waals surface area contributed by atoms with E-state index in [0.717, 1.165) is 36.4 Å². The topological polar surface area (TPSA) is 20.2 Å². The Morgan fingerprint density at radius 1 is 0.833 bits per heavy atom. The third-order valence-electron chi connectivity index (χ3n) is 3.27. The van der Waals surface area contributed by atoms with Gasteiger partial charge in [-0.1, -0.05) is 30.4 Å². The maximum absolute atomic E-state index is 13.0. The van der Waals surface area contributed by atoms with Crippen LogP contribution in [0.5, 0.6) is 0 Å². The van der Waals surface area contributed by atoms with Gasteiger partial charge in [-0.25, -0.2) is 0 Å². The second-order valence-corrected chi connectivity index (χ2v) is 5.03. The van der Waals surface area contributed by atoms with Crippen LogP contribution in [0.15, 0.2) is 42.5 Å². The van der Waals surface area contributed by atoms with E-state index in [4.69, 9.17) is 5.11 Å². The molecule has 7 heteroatoms. The minimum atomic E-state index is -4.61. The smallest absolute Gasteiger partial charge is 0.392 e. The van der Waals surface area contributed by atoms with E-state index >= 15 is 0 Å². The zero-order valence-corrected chi connectivity index (χ0v) is 12.1. The van der Waals surface area contributed by atoms with Crippen LogP contribution in [0.25, 0.3) is 12.2 Å². The lowest BCUT2D eigenvalue weighted by atomic mass is 10.0. The predicted molar refractivity (Wildman–Crippen MR) is 77.7 cm³/mol. The number of alkyl halides is 6. The summed E-state index contributed by atoms with van der Waals surface area (Å²) < 4.78 is 76.9. The minimum Gasteiger partial charge on any atom is -0.392 e. The molecule has 0 aromatic heterocycles. The minimum absolute atomic E-state index is 0.118. The Labute approximate surface area is 133 Å². The van der Waals surface area contributed by atoms with E-state index in [-0.39, 0.29) is 16.7 Å². The Kier molecular flexibility index (Phi) is 5.03. The molecule has 0 atom stereocenters. The van der Waals surface area contributed by atoms with Crippen LogP contribution >= 0.6 is 0 Å². The molecule has 2 aromatic carbocycles. The summed E-state index contributed by atoms with van der Waals surface area (Å²) in [4.78, 5) is 0. The SMILES string of the molecule is OCc1ccc(C(F)(F)F)c(/C=C/c2cccc(C(F)(F)F)c2)c1. The number of hydrogen-bond acceptors (Lipinski definition) is 1. The Balaban J connectivity index is 2.42. The van der Waals surface area contributed by atoms with Crippen LogP contribution in [-0.2, 0) is 19.0 Å². The van der Waals surface area contributed by atoms with Crippen LogP contribution in [0, 0.1) is 0 Å². The van der Waals surface area contributed by atoms with Crippen LogP contribution in [0.2, 0.25) is 0 Å². The monoisotopic (exact) mass is 346 g/mol. The van der Waals surface area contributed by atoms with E-state index in [9.17, 15) is 26.3 Å². The van der Waals surface area contributed by atoms with E-state index in [1.165, 1.54) is 18.2 Å². The number of halogens is 6. The molecule has 0 aliphatic rings. The summed E-state index contributed by atoms with van der Waals surface area (Å²) in [5.41, 5.74) is -1.65. The van der Waals surface area contributed by atoms with Crippen molar-refractivity contribution in [2.75, 3.05) is 0 Å². The molecule has 0 fully saturated rings. The highest BCUT2D eigenvalue weighted by atomic mass is 19.4. The van der Waals surface area contributed by atoms with Crippen molar-refractivity contribution in [1.29, 1.82) is 0 Å². The summed E-state index contributed by atoms with van der Waals surface area (Å²) in [6, 6.07) is 7.38. The van der Waals surface area contributed by atoms with E-state index in [0.29, 0.717) is 0 Å². The first-order valence-corrected chi connectivity index (χ1v) is 6.77. The molecule has 2 rings (SSSR count). The number of rotatable bonds is 3. The molecule has 0 saturated heterocycles. The molecule has 0 saturated carbocycles. The third-order valence-corrected chi connectivity index (χ3v) is 3.27. The van der Waals surface area contributed by atoms with Crippen LogP contribution in [-0.4, -0.2) is 5.11 Å². The Morgan fingerprint density at radius 2 is 1.54 bits per heavy atom. The molecule has 0 bridgehead atoms. The number of aliphatic hydroxyl groups is 1. The second kappa shape index (κ2) is 6.68. The van der Waals surface area contributed by atoms with Crippen molar-refractivity contribution in [3.05, 3.63) is 70.3 Å². The summed E-state index contributed by atoms with van der Waals surface area (Å²) in [6.45, 7) is -0.442. The first-order valence-electron chi connectivity index (χ1n) is 6.77. The molecule has 1 N–H and O–H groups in total. The average Bonchev–Trinajstić information content (AvgIpc) is 2.51. The molecule has 0 spiro atoms.